The largest absolute Gasteiger partial charge is 0.489 e. The van der Waals surface area contributed by atoms with Crippen LogP contribution in [0.1, 0.15) is 36.5 Å². The SMILES string of the molecule is O=C(O)N1CCCC[C@H]1[C@@H](O)c1cccc(OCc2ccccc2)c1. The van der Waals surface area contributed by atoms with Crippen molar-refractivity contribution in [2.24, 2.45) is 0 Å². The summed E-state index contributed by atoms with van der Waals surface area (Å²) in [4.78, 5) is 12.8. The molecule has 2 N–H and O–H groups in total. The monoisotopic (exact) mass is 341 g/mol. The summed E-state index contributed by atoms with van der Waals surface area (Å²) >= 11 is 0. The third kappa shape index (κ3) is 4.31. The standard InChI is InChI=1S/C20H23NO4/c22-19(18-11-4-5-12-21(18)20(23)24)16-9-6-10-17(13-16)25-14-15-7-2-1-3-8-15/h1-3,6-10,13,18-19,22H,4-5,11-12,14H2,(H,23,24)/t18-,19-/m0/s1. The molecular formula is C20H23NO4. The third-order valence-electron chi connectivity index (χ3n) is 4.61. The molecule has 132 valence electrons. The summed E-state index contributed by atoms with van der Waals surface area (Å²) < 4.78 is 5.80. The van der Waals surface area contributed by atoms with Crippen LogP contribution < -0.4 is 4.74 Å². The molecule has 2 aromatic carbocycles. The van der Waals surface area contributed by atoms with Crippen LogP contribution in [0, 0.1) is 0 Å². The molecule has 0 aromatic heterocycles. The molecule has 2 atom stereocenters. The first-order valence-electron chi connectivity index (χ1n) is 8.59. The molecule has 0 aliphatic carbocycles. The molecular weight excluding hydrogens is 318 g/mol. The third-order valence-corrected chi connectivity index (χ3v) is 4.61. The summed E-state index contributed by atoms with van der Waals surface area (Å²) in [5, 5.41) is 20.1. The van der Waals surface area contributed by atoms with Crippen molar-refractivity contribution in [3.8, 4) is 5.75 Å². The Kier molecular flexibility index (Phi) is 5.56. The Morgan fingerprint density at radius 3 is 2.72 bits per heavy atom. The molecule has 5 nitrogen and oxygen atoms in total. The van der Waals surface area contributed by atoms with Gasteiger partial charge in [0.2, 0.25) is 0 Å². The van der Waals surface area contributed by atoms with Gasteiger partial charge in [-0.2, -0.15) is 0 Å². The van der Waals surface area contributed by atoms with Crippen molar-refractivity contribution in [2.75, 3.05) is 6.54 Å². The smallest absolute Gasteiger partial charge is 0.407 e. The van der Waals surface area contributed by atoms with Gasteiger partial charge in [-0.3, -0.25) is 0 Å². The fourth-order valence-electron chi connectivity index (χ4n) is 3.27. The molecule has 0 radical (unpaired) electrons. The molecule has 2 aromatic rings. The van der Waals surface area contributed by atoms with Gasteiger partial charge < -0.3 is 19.8 Å². The summed E-state index contributed by atoms with van der Waals surface area (Å²) in [6.07, 6.45) is 0.616. The first-order valence-corrected chi connectivity index (χ1v) is 8.59. The number of carboxylic acid groups (broad SMARTS) is 1. The minimum atomic E-state index is -0.972. The number of nitrogens with zero attached hydrogens (tertiary/aromatic N) is 1. The first-order chi connectivity index (χ1) is 12.1. The maximum Gasteiger partial charge on any atom is 0.407 e. The van der Waals surface area contributed by atoms with Gasteiger partial charge in [-0.25, -0.2) is 4.79 Å². The Bertz CT molecular complexity index is 704. The summed E-state index contributed by atoms with van der Waals surface area (Å²) in [6.45, 7) is 0.923. The number of hydrogen-bond donors (Lipinski definition) is 2. The zero-order chi connectivity index (χ0) is 17.6. The van der Waals surface area contributed by atoms with E-state index in [0.29, 0.717) is 30.9 Å². The van der Waals surface area contributed by atoms with E-state index in [4.69, 9.17) is 4.74 Å². The number of benzene rings is 2. The van der Waals surface area contributed by atoms with E-state index >= 15 is 0 Å². The van der Waals surface area contributed by atoms with E-state index in [2.05, 4.69) is 0 Å². The van der Waals surface area contributed by atoms with Crippen LogP contribution in [-0.4, -0.2) is 33.8 Å². The van der Waals surface area contributed by atoms with Crippen LogP contribution in [0.5, 0.6) is 5.75 Å². The molecule has 0 saturated carbocycles. The van der Waals surface area contributed by atoms with Gasteiger partial charge in [0.15, 0.2) is 0 Å². The predicted molar refractivity (Wildman–Crippen MR) is 94.5 cm³/mol. The highest BCUT2D eigenvalue weighted by molar-refractivity contribution is 5.65. The van der Waals surface area contributed by atoms with Gasteiger partial charge in [-0.1, -0.05) is 42.5 Å². The van der Waals surface area contributed by atoms with Crippen molar-refractivity contribution in [3.05, 3.63) is 65.7 Å². The van der Waals surface area contributed by atoms with Crippen LogP contribution in [-0.2, 0) is 6.61 Å². The normalized spacial score (nSPS) is 18.6. The zero-order valence-electron chi connectivity index (χ0n) is 14.0. The number of aliphatic hydroxyl groups is 1. The molecule has 0 spiro atoms. The maximum absolute atomic E-state index is 11.4. The second-order valence-corrected chi connectivity index (χ2v) is 6.33. The lowest BCUT2D eigenvalue weighted by Gasteiger charge is -2.36. The van der Waals surface area contributed by atoms with Crippen molar-refractivity contribution >= 4 is 6.09 Å². The van der Waals surface area contributed by atoms with E-state index in [1.807, 2.05) is 48.5 Å². The predicted octanol–water partition coefficient (Wildman–Crippen LogP) is 3.83. The average molecular weight is 341 g/mol. The molecule has 1 aliphatic heterocycles. The van der Waals surface area contributed by atoms with E-state index < -0.39 is 18.2 Å². The summed E-state index contributed by atoms with van der Waals surface area (Å²) in [6, 6.07) is 16.7. The number of ether oxygens (including phenoxy) is 1. The quantitative estimate of drug-likeness (QED) is 0.867. The van der Waals surface area contributed by atoms with Crippen LogP contribution in [0.3, 0.4) is 0 Å². The second-order valence-electron chi connectivity index (χ2n) is 6.33. The van der Waals surface area contributed by atoms with Crippen molar-refractivity contribution in [3.63, 3.8) is 0 Å². The Morgan fingerprint density at radius 2 is 1.96 bits per heavy atom. The highest BCUT2D eigenvalue weighted by Gasteiger charge is 2.32. The fourth-order valence-corrected chi connectivity index (χ4v) is 3.27. The lowest BCUT2D eigenvalue weighted by Crippen LogP contribution is -2.46. The maximum atomic E-state index is 11.4. The molecule has 25 heavy (non-hydrogen) atoms. The van der Waals surface area contributed by atoms with E-state index in [0.717, 1.165) is 18.4 Å². The van der Waals surface area contributed by atoms with Crippen LogP contribution in [0.25, 0.3) is 0 Å². The van der Waals surface area contributed by atoms with Gasteiger partial charge in [0, 0.05) is 6.54 Å². The van der Waals surface area contributed by atoms with Gasteiger partial charge in [0.05, 0.1) is 12.1 Å². The Morgan fingerprint density at radius 1 is 1.16 bits per heavy atom. The van der Waals surface area contributed by atoms with Gasteiger partial charge in [-0.05, 0) is 42.5 Å². The van der Waals surface area contributed by atoms with E-state index in [1.54, 1.807) is 6.07 Å². The van der Waals surface area contributed by atoms with Gasteiger partial charge in [0.1, 0.15) is 12.4 Å². The lowest BCUT2D eigenvalue weighted by atomic mass is 9.93. The average Bonchev–Trinajstić information content (AvgIpc) is 2.67. The molecule has 1 heterocycles. The molecule has 3 rings (SSSR count). The topological polar surface area (TPSA) is 70.0 Å². The minimum Gasteiger partial charge on any atom is -0.489 e. The van der Waals surface area contributed by atoms with Crippen LogP contribution in [0.2, 0.25) is 0 Å². The molecule has 1 aliphatic rings. The number of amides is 1. The molecule has 1 saturated heterocycles. The fraction of sp³-hybridized carbons (Fsp3) is 0.350. The first kappa shape index (κ1) is 17.3. The van der Waals surface area contributed by atoms with Crippen molar-refractivity contribution < 1.29 is 19.7 Å². The molecule has 0 unspecified atom stereocenters. The van der Waals surface area contributed by atoms with Crippen LogP contribution in [0.15, 0.2) is 54.6 Å². The summed E-state index contributed by atoms with van der Waals surface area (Å²) in [5.74, 6) is 0.665. The highest BCUT2D eigenvalue weighted by Crippen LogP contribution is 2.30. The van der Waals surface area contributed by atoms with Gasteiger partial charge in [0.25, 0.3) is 0 Å². The van der Waals surface area contributed by atoms with E-state index in [9.17, 15) is 15.0 Å². The summed E-state index contributed by atoms with van der Waals surface area (Å²) in [7, 11) is 0. The lowest BCUT2D eigenvalue weighted by molar-refractivity contribution is 0.0284. The number of aliphatic hydroxyl groups excluding tert-OH is 1. The number of carbonyl (C=O) groups is 1. The van der Waals surface area contributed by atoms with Crippen molar-refractivity contribution in [1.82, 2.24) is 4.90 Å². The summed E-state index contributed by atoms with van der Waals surface area (Å²) in [5.41, 5.74) is 1.75. The Balaban J connectivity index is 1.70. The van der Waals surface area contributed by atoms with Crippen LogP contribution in [0.4, 0.5) is 4.79 Å². The Hall–Kier alpha value is -2.53. The molecule has 1 amide bonds. The van der Waals surface area contributed by atoms with Gasteiger partial charge in [-0.15, -0.1) is 0 Å². The second kappa shape index (κ2) is 8.03. The number of piperidine rings is 1. The van der Waals surface area contributed by atoms with Crippen molar-refractivity contribution in [1.29, 1.82) is 0 Å². The zero-order valence-corrected chi connectivity index (χ0v) is 14.0. The number of hydrogen-bond acceptors (Lipinski definition) is 3. The van der Waals surface area contributed by atoms with Gasteiger partial charge >= 0.3 is 6.09 Å². The molecule has 5 heteroatoms. The van der Waals surface area contributed by atoms with Crippen LogP contribution >= 0.6 is 0 Å². The van der Waals surface area contributed by atoms with E-state index in [-0.39, 0.29) is 0 Å². The van der Waals surface area contributed by atoms with E-state index in [1.165, 1.54) is 4.90 Å². The Labute approximate surface area is 147 Å². The molecule has 0 bridgehead atoms. The highest BCUT2D eigenvalue weighted by atomic mass is 16.5. The number of likely N-dealkylation sites (tertiary alicyclic amines) is 1. The number of rotatable bonds is 5. The van der Waals surface area contributed by atoms with Crippen molar-refractivity contribution in [2.45, 2.75) is 38.0 Å². The molecule has 1 fully saturated rings. The minimum absolute atomic E-state index is 0.407.